The molecule has 2 aliphatic heterocycles. The molecule has 0 atom stereocenters. The second-order valence-electron chi connectivity index (χ2n) is 7.95. The highest BCUT2D eigenvalue weighted by atomic mass is 16.1. The quantitative estimate of drug-likeness (QED) is 0.758. The van der Waals surface area contributed by atoms with E-state index in [1.165, 1.54) is 63.6 Å². The molecule has 0 radical (unpaired) electrons. The summed E-state index contributed by atoms with van der Waals surface area (Å²) in [7, 11) is 0. The Morgan fingerprint density at radius 3 is 2.24 bits per heavy atom. The largest absolute Gasteiger partial charge is 0.300 e. The Labute approximate surface area is 151 Å². The summed E-state index contributed by atoms with van der Waals surface area (Å²) in [6.07, 6.45) is 11.5. The van der Waals surface area contributed by atoms with Gasteiger partial charge in [-0.2, -0.15) is 0 Å². The highest BCUT2D eigenvalue weighted by molar-refractivity contribution is 5.97. The second kappa shape index (κ2) is 7.84. The molecule has 0 spiro atoms. The standard InChI is InChI=1S/C22H30N2O/c25-22(17-23-12-1-2-13-23)20-8-6-18(7-9-20)16-19-10-14-24(15-11-19)21-4-3-5-21/h6-9,16,21H,1-5,10-15,17H2. The van der Waals surface area contributed by atoms with Gasteiger partial charge >= 0.3 is 0 Å². The molecule has 3 nitrogen and oxygen atoms in total. The number of hydrogen-bond acceptors (Lipinski definition) is 3. The van der Waals surface area contributed by atoms with Crippen molar-refractivity contribution < 1.29 is 4.79 Å². The predicted molar refractivity (Wildman–Crippen MR) is 103 cm³/mol. The van der Waals surface area contributed by atoms with Crippen LogP contribution in [0.4, 0.5) is 0 Å². The van der Waals surface area contributed by atoms with Crippen LogP contribution in [0.1, 0.15) is 60.9 Å². The Hall–Kier alpha value is -1.45. The van der Waals surface area contributed by atoms with Crippen molar-refractivity contribution in [2.75, 3.05) is 32.7 Å². The van der Waals surface area contributed by atoms with Gasteiger partial charge in [-0.15, -0.1) is 0 Å². The average Bonchev–Trinajstić information content (AvgIpc) is 3.09. The van der Waals surface area contributed by atoms with Crippen LogP contribution in [0.3, 0.4) is 0 Å². The van der Waals surface area contributed by atoms with Crippen molar-refractivity contribution >= 4 is 11.9 Å². The van der Waals surface area contributed by atoms with Crippen molar-refractivity contribution in [2.45, 2.75) is 51.0 Å². The van der Waals surface area contributed by atoms with Crippen molar-refractivity contribution in [1.82, 2.24) is 9.80 Å². The van der Waals surface area contributed by atoms with Crippen LogP contribution in [0.5, 0.6) is 0 Å². The smallest absolute Gasteiger partial charge is 0.176 e. The normalized spacial score (nSPS) is 22.8. The first-order chi connectivity index (χ1) is 12.3. The number of ketones is 1. The van der Waals surface area contributed by atoms with Gasteiger partial charge in [-0.05, 0) is 57.2 Å². The zero-order chi connectivity index (χ0) is 17.1. The predicted octanol–water partition coefficient (Wildman–Crippen LogP) is 4.00. The summed E-state index contributed by atoms with van der Waals surface area (Å²) in [4.78, 5) is 17.3. The maximum Gasteiger partial charge on any atom is 0.176 e. The van der Waals surface area contributed by atoms with Gasteiger partial charge in [0.05, 0.1) is 6.54 Å². The number of carbonyl (C=O) groups excluding carboxylic acids is 1. The molecule has 0 aromatic heterocycles. The van der Waals surface area contributed by atoms with E-state index in [4.69, 9.17) is 0 Å². The van der Waals surface area contributed by atoms with Crippen LogP contribution in [0.2, 0.25) is 0 Å². The summed E-state index contributed by atoms with van der Waals surface area (Å²) < 4.78 is 0. The summed E-state index contributed by atoms with van der Waals surface area (Å²) >= 11 is 0. The van der Waals surface area contributed by atoms with E-state index in [1.54, 1.807) is 5.57 Å². The van der Waals surface area contributed by atoms with Gasteiger partial charge in [-0.1, -0.05) is 42.3 Å². The number of rotatable bonds is 5. The van der Waals surface area contributed by atoms with Gasteiger partial charge in [-0.3, -0.25) is 14.6 Å². The third-order valence-corrected chi connectivity index (χ3v) is 6.20. The molecule has 1 aromatic rings. The number of likely N-dealkylation sites (tertiary alicyclic amines) is 2. The van der Waals surface area contributed by atoms with Gasteiger partial charge in [0, 0.05) is 24.7 Å². The zero-order valence-electron chi connectivity index (χ0n) is 15.3. The van der Waals surface area contributed by atoms with Gasteiger partial charge in [0.2, 0.25) is 0 Å². The SMILES string of the molecule is O=C(CN1CCCC1)c1ccc(C=C2CCN(C3CCC3)CC2)cc1. The lowest BCUT2D eigenvalue weighted by molar-refractivity contribution is 0.0945. The van der Waals surface area contributed by atoms with E-state index in [2.05, 4.69) is 28.0 Å². The van der Waals surface area contributed by atoms with Crippen LogP contribution >= 0.6 is 0 Å². The number of piperidine rings is 1. The maximum absolute atomic E-state index is 12.4. The molecule has 3 heteroatoms. The van der Waals surface area contributed by atoms with E-state index >= 15 is 0 Å². The summed E-state index contributed by atoms with van der Waals surface area (Å²) in [5.41, 5.74) is 3.66. The highest BCUT2D eigenvalue weighted by Gasteiger charge is 2.26. The molecule has 3 aliphatic rings. The minimum atomic E-state index is 0.259. The molecule has 4 rings (SSSR count). The topological polar surface area (TPSA) is 23.6 Å². The molecular formula is C22H30N2O. The van der Waals surface area contributed by atoms with Crippen LogP contribution in [0.25, 0.3) is 6.08 Å². The van der Waals surface area contributed by atoms with Gasteiger partial charge < -0.3 is 0 Å². The Bertz CT molecular complexity index is 614. The number of hydrogen-bond donors (Lipinski definition) is 0. The molecular weight excluding hydrogens is 308 g/mol. The lowest BCUT2D eigenvalue weighted by atomic mass is 9.89. The van der Waals surface area contributed by atoms with E-state index in [1.807, 2.05) is 12.1 Å². The molecule has 1 aliphatic carbocycles. The minimum Gasteiger partial charge on any atom is -0.300 e. The van der Waals surface area contributed by atoms with E-state index in [0.717, 1.165) is 24.7 Å². The summed E-state index contributed by atoms with van der Waals surface area (Å²) in [5, 5.41) is 0. The first-order valence-corrected chi connectivity index (χ1v) is 10.1. The van der Waals surface area contributed by atoms with Crippen LogP contribution in [-0.4, -0.2) is 54.3 Å². The van der Waals surface area contributed by atoms with Crippen molar-refractivity contribution in [1.29, 1.82) is 0 Å². The van der Waals surface area contributed by atoms with Crippen LogP contribution in [-0.2, 0) is 0 Å². The van der Waals surface area contributed by atoms with Crippen molar-refractivity contribution in [2.24, 2.45) is 0 Å². The molecule has 2 saturated heterocycles. The Kier molecular flexibility index (Phi) is 5.33. The monoisotopic (exact) mass is 338 g/mol. The lowest BCUT2D eigenvalue weighted by Gasteiger charge is -2.40. The Morgan fingerprint density at radius 2 is 1.64 bits per heavy atom. The van der Waals surface area contributed by atoms with Gasteiger partial charge in [0.1, 0.15) is 0 Å². The lowest BCUT2D eigenvalue weighted by Crippen LogP contribution is -2.43. The first kappa shape index (κ1) is 17.0. The van der Waals surface area contributed by atoms with Crippen LogP contribution in [0.15, 0.2) is 29.8 Å². The molecule has 1 saturated carbocycles. The molecule has 134 valence electrons. The van der Waals surface area contributed by atoms with Crippen LogP contribution < -0.4 is 0 Å². The van der Waals surface area contributed by atoms with Crippen molar-refractivity contribution in [3.8, 4) is 0 Å². The summed E-state index contributed by atoms with van der Waals surface area (Å²) in [6, 6.07) is 9.12. The van der Waals surface area contributed by atoms with Crippen molar-refractivity contribution in [3.63, 3.8) is 0 Å². The third kappa shape index (κ3) is 4.21. The number of nitrogens with zero attached hydrogens (tertiary/aromatic N) is 2. The molecule has 1 aromatic carbocycles. The summed E-state index contributed by atoms with van der Waals surface area (Å²) in [6.45, 7) is 5.19. The number of benzene rings is 1. The zero-order valence-corrected chi connectivity index (χ0v) is 15.3. The van der Waals surface area contributed by atoms with E-state index in [0.29, 0.717) is 6.54 Å². The molecule has 0 unspecified atom stereocenters. The highest BCUT2D eigenvalue weighted by Crippen LogP contribution is 2.29. The fourth-order valence-electron chi connectivity index (χ4n) is 4.31. The van der Waals surface area contributed by atoms with E-state index in [-0.39, 0.29) is 5.78 Å². The van der Waals surface area contributed by atoms with Gasteiger partial charge in [0.15, 0.2) is 5.78 Å². The van der Waals surface area contributed by atoms with E-state index in [9.17, 15) is 4.79 Å². The summed E-state index contributed by atoms with van der Waals surface area (Å²) in [5.74, 6) is 0.259. The van der Waals surface area contributed by atoms with Gasteiger partial charge in [-0.25, -0.2) is 0 Å². The third-order valence-electron chi connectivity index (χ3n) is 6.20. The van der Waals surface area contributed by atoms with Gasteiger partial charge in [0.25, 0.3) is 0 Å². The fraction of sp³-hybridized carbons (Fsp3) is 0.591. The molecule has 0 N–H and O–H groups in total. The average molecular weight is 338 g/mol. The first-order valence-electron chi connectivity index (χ1n) is 10.1. The molecule has 3 fully saturated rings. The Morgan fingerprint density at radius 1 is 0.960 bits per heavy atom. The van der Waals surface area contributed by atoms with Crippen LogP contribution in [0, 0.1) is 0 Å². The maximum atomic E-state index is 12.4. The van der Waals surface area contributed by atoms with E-state index < -0.39 is 0 Å². The Balaban J connectivity index is 1.31. The molecule has 0 amide bonds. The van der Waals surface area contributed by atoms with Crippen molar-refractivity contribution in [3.05, 3.63) is 41.0 Å². The minimum absolute atomic E-state index is 0.259. The molecule has 2 heterocycles. The molecule has 25 heavy (non-hydrogen) atoms. The fourth-order valence-corrected chi connectivity index (χ4v) is 4.31. The molecule has 0 bridgehead atoms. The number of carbonyl (C=O) groups is 1. The second-order valence-corrected chi connectivity index (χ2v) is 7.95. The number of Topliss-reactive ketones (excluding diaryl/α,β-unsaturated/α-hetero) is 1.